The number of nitrogens with zero attached hydrogens (tertiary/aromatic N) is 1. The summed E-state index contributed by atoms with van der Waals surface area (Å²) in [6, 6.07) is 0. The van der Waals surface area contributed by atoms with Crippen LogP contribution in [0.1, 0.15) is 11.5 Å². The zero-order valence-electron chi connectivity index (χ0n) is 6.23. The second-order valence-electron chi connectivity index (χ2n) is 2.04. The topological polar surface area (TPSA) is 40.7 Å². The van der Waals surface area contributed by atoms with Crippen LogP contribution in [0.3, 0.4) is 0 Å². The minimum Gasteiger partial charge on any atom is -0.371 e. The van der Waals surface area contributed by atoms with Gasteiger partial charge in [0.1, 0.15) is 5.82 Å². The Morgan fingerprint density at radius 3 is 2.80 bits per heavy atom. The molecule has 1 aromatic heterocycles. The highest BCUT2D eigenvalue weighted by atomic mass is 15.1. The monoisotopic (exact) mass is 137 g/mol. The van der Waals surface area contributed by atoms with E-state index in [-0.39, 0.29) is 0 Å². The van der Waals surface area contributed by atoms with Crippen molar-refractivity contribution in [1.29, 1.82) is 0 Å². The maximum absolute atomic E-state index is 4.16. The second-order valence-corrected chi connectivity index (χ2v) is 2.04. The lowest BCUT2D eigenvalue weighted by atomic mass is 10.4. The molecule has 0 saturated carbocycles. The van der Waals surface area contributed by atoms with E-state index in [1.165, 1.54) is 0 Å². The Hall–Kier alpha value is -1.25. The number of nitrogens with one attached hydrogen (secondary N) is 2. The van der Waals surface area contributed by atoms with Crippen molar-refractivity contribution in [3.63, 3.8) is 0 Å². The molecule has 0 saturated heterocycles. The van der Waals surface area contributed by atoms with E-state index in [2.05, 4.69) is 21.9 Å². The molecule has 0 spiro atoms. The van der Waals surface area contributed by atoms with Crippen LogP contribution >= 0.6 is 0 Å². The molecule has 3 nitrogen and oxygen atoms in total. The molecule has 2 N–H and O–H groups in total. The minimum absolute atomic E-state index is 0.854. The molecule has 1 heterocycles. The minimum atomic E-state index is 0.854. The summed E-state index contributed by atoms with van der Waals surface area (Å²) in [6.07, 6.45) is 1.74. The van der Waals surface area contributed by atoms with Crippen LogP contribution in [0.25, 0.3) is 6.08 Å². The number of H-pyrrole nitrogens is 1. The Bertz CT molecular complexity index is 237. The third-order valence-electron chi connectivity index (χ3n) is 1.29. The standard InChI is InChI=1S/C7H11N3/c1-4-6-7(8-3)10-5(2)9-6/h4,8H,1H2,2-3H3,(H,9,10). The summed E-state index contributed by atoms with van der Waals surface area (Å²) >= 11 is 0. The van der Waals surface area contributed by atoms with E-state index in [1.54, 1.807) is 6.08 Å². The van der Waals surface area contributed by atoms with Crippen LogP contribution in [-0.2, 0) is 0 Å². The van der Waals surface area contributed by atoms with Crippen LogP contribution in [-0.4, -0.2) is 17.0 Å². The Kier molecular flexibility index (Phi) is 1.76. The SMILES string of the molecule is C=Cc1[nH]c(C)nc1NC. The van der Waals surface area contributed by atoms with Crippen LogP contribution in [0.4, 0.5) is 5.82 Å². The van der Waals surface area contributed by atoms with Gasteiger partial charge in [-0.15, -0.1) is 0 Å². The van der Waals surface area contributed by atoms with Crippen LogP contribution < -0.4 is 5.32 Å². The highest BCUT2D eigenvalue weighted by molar-refractivity contribution is 5.58. The zero-order valence-corrected chi connectivity index (χ0v) is 6.23. The fraction of sp³-hybridized carbons (Fsp3) is 0.286. The van der Waals surface area contributed by atoms with E-state index in [0.717, 1.165) is 17.3 Å². The second kappa shape index (κ2) is 2.56. The van der Waals surface area contributed by atoms with Gasteiger partial charge < -0.3 is 10.3 Å². The van der Waals surface area contributed by atoms with Gasteiger partial charge in [0.05, 0.1) is 5.69 Å². The first-order chi connectivity index (χ1) is 4.77. The van der Waals surface area contributed by atoms with Crippen molar-refractivity contribution in [2.45, 2.75) is 6.92 Å². The van der Waals surface area contributed by atoms with Gasteiger partial charge in [0.25, 0.3) is 0 Å². The molecule has 1 rings (SSSR count). The summed E-state index contributed by atoms with van der Waals surface area (Å²) < 4.78 is 0. The van der Waals surface area contributed by atoms with Crippen molar-refractivity contribution < 1.29 is 0 Å². The fourth-order valence-electron chi connectivity index (χ4n) is 0.848. The molecule has 0 bridgehead atoms. The van der Waals surface area contributed by atoms with E-state index >= 15 is 0 Å². The summed E-state index contributed by atoms with van der Waals surface area (Å²) in [6.45, 7) is 5.55. The van der Waals surface area contributed by atoms with Gasteiger partial charge in [-0.05, 0) is 13.0 Å². The van der Waals surface area contributed by atoms with Crippen molar-refractivity contribution >= 4 is 11.9 Å². The molecule has 1 aromatic rings. The Morgan fingerprint density at radius 1 is 1.70 bits per heavy atom. The van der Waals surface area contributed by atoms with Crippen molar-refractivity contribution in [2.75, 3.05) is 12.4 Å². The average molecular weight is 137 g/mol. The van der Waals surface area contributed by atoms with Gasteiger partial charge in [-0.3, -0.25) is 0 Å². The van der Waals surface area contributed by atoms with Crippen molar-refractivity contribution in [3.8, 4) is 0 Å². The van der Waals surface area contributed by atoms with Gasteiger partial charge in [-0.1, -0.05) is 6.58 Å². The molecule has 0 fully saturated rings. The molecule has 54 valence electrons. The predicted octanol–water partition coefficient (Wildman–Crippen LogP) is 1.40. The molecule has 0 atom stereocenters. The maximum atomic E-state index is 4.16. The largest absolute Gasteiger partial charge is 0.371 e. The van der Waals surface area contributed by atoms with Crippen LogP contribution in [0.2, 0.25) is 0 Å². The highest BCUT2D eigenvalue weighted by Gasteiger charge is 2.00. The number of aromatic nitrogens is 2. The normalized spacial score (nSPS) is 9.40. The van der Waals surface area contributed by atoms with Gasteiger partial charge in [-0.2, -0.15) is 0 Å². The number of hydrogen-bond acceptors (Lipinski definition) is 2. The van der Waals surface area contributed by atoms with Gasteiger partial charge >= 0.3 is 0 Å². The number of aromatic amines is 1. The first-order valence-corrected chi connectivity index (χ1v) is 3.14. The molecule has 0 aliphatic rings. The van der Waals surface area contributed by atoms with Crippen LogP contribution in [0.15, 0.2) is 6.58 Å². The van der Waals surface area contributed by atoms with E-state index in [4.69, 9.17) is 0 Å². The molecule has 0 unspecified atom stereocenters. The molecule has 3 heteroatoms. The summed E-state index contributed by atoms with van der Waals surface area (Å²) in [5, 5.41) is 2.95. The van der Waals surface area contributed by atoms with E-state index in [9.17, 15) is 0 Å². The maximum Gasteiger partial charge on any atom is 0.151 e. The zero-order chi connectivity index (χ0) is 7.56. The van der Waals surface area contributed by atoms with Gasteiger partial charge in [0, 0.05) is 7.05 Å². The highest BCUT2D eigenvalue weighted by Crippen LogP contribution is 2.11. The van der Waals surface area contributed by atoms with Gasteiger partial charge in [-0.25, -0.2) is 4.98 Å². The smallest absolute Gasteiger partial charge is 0.151 e. The molecule has 0 amide bonds. The molecule has 0 aromatic carbocycles. The molecular formula is C7H11N3. The molecule has 0 aliphatic carbocycles. The lowest BCUT2D eigenvalue weighted by Crippen LogP contribution is -1.89. The Labute approximate surface area is 60.2 Å². The quantitative estimate of drug-likeness (QED) is 0.647. The van der Waals surface area contributed by atoms with E-state index in [1.807, 2.05) is 14.0 Å². The summed E-state index contributed by atoms with van der Waals surface area (Å²) in [5.41, 5.74) is 0.944. The summed E-state index contributed by atoms with van der Waals surface area (Å²) in [5.74, 6) is 1.76. The average Bonchev–Trinajstić information content (AvgIpc) is 2.30. The van der Waals surface area contributed by atoms with Crippen LogP contribution in [0, 0.1) is 6.92 Å². The van der Waals surface area contributed by atoms with Crippen LogP contribution in [0.5, 0.6) is 0 Å². The van der Waals surface area contributed by atoms with Gasteiger partial charge in [0.2, 0.25) is 0 Å². The van der Waals surface area contributed by atoms with Crippen molar-refractivity contribution in [2.24, 2.45) is 0 Å². The first kappa shape index (κ1) is 6.86. The lowest BCUT2D eigenvalue weighted by Gasteiger charge is -1.92. The number of rotatable bonds is 2. The summed E-state index contributed by atoms with van der Waals surface area (Å²) in [7, 11) is 1.84. The van der Waals surface area contributed by atoms with Gasteiger partial charge in [0.15, 0.2) is 5.82 Å². The van der Waals surface area contributed by atoms with Crippen molar-refractivity contribution in [1.82, 2.24) is 9.97 Å². The predicted molar refractivity (Wildman–Crippen MR) is 43.0 cm³/mol. The van der Waals surface area contributed by atoms with E-state index in [0.29, 0.717) is 0 Å². The first-order valence-electron chi connectivity index (χ1n) is 3.14. The molecule has 0 radical (unpaired) electrons. The number of aryl methyl sites for hydroxylation is 1. The summed E-state index contributed by atoms with van der Waals surface area (Å²) in [4.78, 5) is 7.22. The van der Waals surface area contributed by atoms with Crippen molar-refractivity contribution in [3.05, 3.63) is 18.1 Å². The van der Waals surface area contributed by atoms with E-state index < -0.39 is 0 Å². The Morgan fingerprint density at radius 2 is 2.40 bits per heavy atom. The number of hydrogen-bond donors (Lipinski definition) is 2. The molecular weight excluding hydrogens is 126 g/mol. The fourth-order valence-corrected chi connectivity index (χ4v) is 0.848. The molecule has 10 heavy (non-hydrogen) atoms. The lowest BCUT2D eigenvalue weighted by molar-refractivity contribution is 1.14. The third kappa shape index (κ3) is 1.03. The number of imidazole rings is 1. The number of anilines is 1. The molecule has 0 aliphatic heterocycles. The Balaban J connectivity index is 3.08. The third-order valence-corrected chi connectivity index (χ3v) is 1.29.